The maximum absolute atomic E-state index is 12.9. The van der Waals surface area contributed by atoms with Crippen LogP contribution in [-0.4, -0.2) is 21.6 Å². The van der Waals surface area contributed by atoms with Crippen LogP contribution in [0.5, 0.6) is 0 Å². The number of hydrogen-bond acceptors (Lipinski definition) is 3. The third-order valence-corrected chi connectivity index (χ3v) is 4.89. The summed E-state index contributed by atoms with van der Waals surface area (Å²) < 4.78 is 1.59. The van der Waals surface area contributed by atoms with E-state index in [2.05, 4.69) is 15.7 Å². The largest absolute Gasteiger partial charge is 0.323 e. The van der Waals surface area contributed by atoms with Gasteiger partial charge in [-0.1, -0.05) is 54.1 Å². The first-order chi connectivity index (χ1) is 13.0. The van der Waals surface area contributed by atoms with E-state index < -0.39 is 6.04 Å². The summed E-state index contributed by atoms with van der Waals surface area (Å²) in [7, 11) is 0. The van der Waals surface area contributed by atoms with Gasteiger partial charge < -0.3 is 10.6 Å². The molecule has 6 nitrogen and oxygen atoms in total. The number of carbonyl (C=O) groups excluding carboxylic acids is 2. The minimum atomic E-state index is -0.749. The molecule has 0 radical (unpaired) electrons. The Balaban J connectivity index is 1.71. The molecule has 0 spiro atoms. The van der Waals surface area contributed by atoms with E-state index in [0.29, 0.717) is 16.5 Å². The summed E-state index contributed by atoms with van der Waals surface area (Å²) in [6, 6.07) is 15.9. The van der Waals surface area contributed by atoms with Gasteiger partial charge in [-0.25, -0.2) is 4.68 Å². The number of fused-ring (bicyclic) bond motifs is 1. The summed E-state index contributed by atoms with van der Waals surface area (Å²) in [6.45, 7) is 1.88. The number of nitrogens with one attached hydrogen (secondary N) is 2. The summed E-state index contributed by atoms with van der Waals surface area (Å²) in [4.78, 5) is 25.1. The van der Waals surface area contributed by atoms with E-state index in [0.717, 1.165) is 16.8 Å². The standard InChI is InChI=1S/C20H17ClN4O2/c1-12-18(13-7-3-2-4-8-13)24-25-16(11-17(26)23-19(12)25)20(27)22-15-10-6-5-9-14(15)21/h2-10,16H,11H2,1H3,(H,22,27)(H,23,26)/t16-/m0/s1. The molecule has 0 bridgehead atoms. The molecule has 0 saturated carbocycles. The molecule has 2 aromatic carbocycles. The zero-order valence-electron chi connectivity index (χ0n) is 14.6. The SMILES string of the molecule is Cc1c(-c2ccccc2)nn2c1NC(=O)C[C@H]2C(=O)Nc1ccccc1Cl. The molecule has 4 rings (SSSR count). The molecule has 2 N–H and O–H groups in total. The van der Waals surface area contributed by atoms with Crippen molar-refractivity contribution >= 4 is 34.9 Å². The van der Waals surface area contributed by atoms with E-state index in [4.69, 9.17) is 11.6 Å². The number of rotatable bonds is 3. The smallest absolute Gasteiger partial charge is 0.249 e. The number of nitrogens with zero attached hydrogens (tertiary/aromatic N) is 2. The summed E-state index contributed by atoms with van der Waals surface area (Å²) in [5.74, 6) is -0.00450. The average Bonchev–Trinajstić information content (AvgIpc) is 3.00. The lowest BCUT2D eigenvalue weighted by molar-refractivity contribution is -0.125. The highest BCUT2D eigenvalue weighted by molar-refractivity contribution is 6.33. The summed E-state index contributed by atoms with van der Waals surface area (Å²) in [6.07, 6.45) is 0.0125. The Bertz CT molecular complexity index is 1030. The fourth-order valence-corrected chi connectivity index (χ4v) is 3.37. The molecule has 0 aliphatic carbocycles. The Hall–Kier alpha value is -3.12. The van der Waals surface area contributed by atoms with Gasteiger partial charge in [0.2, 0.25) is 11.8 Å². The second-order valence-electron chi connectivity index (χ2n) is 6.37. The maximum Gasteiger partial charge on any atom is 0.249 e. The molecule has 1 aliphatic rings. The first kappa shape index (κ1) is 17.3. The zero-order valence-corrected chi connectivity index (χ0v) is 15.3. The van der Waals surface area contributed by atoms with Crippen LogP contribution in [0.3, 0.4) is 0 Å². The first-order valence-corrected chi connectivity index (χ1v) is 8.92. The van der Waals surface area contributed by atoms with Crippen LogP contribution in [0.25, 0.3) is 11.3 Å². The highest BCUT2D eigenvalue weighted by Gasteiger charge is 2.34. The van der Waals surface area contributed by atoms with Crippen LogP contribution in [0.2, 0.25) is 5.02 Å². The molecule has 27 heavy (non-hydrogen) atoms. The molecule has 136 valence electrons. The second kappa shape index (κ2) is 6.89. The number of hydrogen-bond donors (Lipinski definition) is 2. The van der Waals surface area contributed by atoms with Crippen molar-refractivity contribution in [2.75, 3.05) is 10.6 Å². The van der Waals surface area contributed by atoms with Gasteiger partial charge in [-0.15, -0.1) is 0 Å². The van der Waals surface area contributed by atoms with Gasteiger partial charge >= 0.3 is 0 Å². The minimum absolute atomic E-state index is 0.0125. The maximum atomic E-state index is 12.9. The topological polar surface area (TPSA) is 76.0 Å². The fraction of sp³-hybridized carbons (Fsp3) is 0.150. The van der Waals surface area contributed by atoms with Crippen LogP contribution >= 0.6 is 11.6 Å². The lowest BCUT2D eigenvalue weighted by atomic mass is 10.1. The molecule has 1 aromatic heterocycles. The van der Waals surface area contributed by atoms with Crippen LogP contribution in [0.4, 0.5) is 11.5 Å². The lowest BCUT2D eigenvalue weighted by Gasteiger charge is -2.24. The van der Waals surface area contributed by atoms with E-state index in [1.165, 1.54) is 0 Å². The lowest BCUT2D eigenvalue weighted by Crippen LogP contribution is -2.36. The van der Waals surface area contributed by atoms with Gasteiger partial charge in [0.15, 0.2) is 0 Å². The second-order valence-corrected chi connectivity index (χ2v) is 6.78. The van der Waals surface area contributed by atoms with E-state index in [1.54, 1.807) is 28.9 Å². The van der Waals surface area contributed by atoms with Crippen LogP contribution in [0.15, 0.2) is 54.6 Å². The van der Waals surface area contributed by atoms with Crippen molar-refractivity contribution < 1.29 is 9.59 Å². The Morgan fingerprint density at radius 1 is 1.19 bits per heavy atom. The van der Waals surface area contributed by atoms with E-state index in [9.17, 15) is 9.59 Å². The molecule has 7 heteroatoms. The van der Waals surface area contributed by atoms with Crippen LogP contribution in [0.1, 0.15) is 18.0 Å². The Morgan fingerprint density at radius 2 is 1.89 bits per heavy atom. The minimum Gasteiger partial charge on any atom is -0.323 e. The van der Waals surface area contributed by atoms with E-state index >= 15 is 0 Å². The van der Waals surface area contributed by atoms with E-state index in [-0.39, 0.29) is 18.2 Å². The number of benzene rings is 2. The van der Waals surface area contributed by atoms with Crippen molar-refractivity contribution in [3.63, 3.8) is 0 Å². The third kappa shape index (κ3) is 3.19. The van der Waals surface area contributed by atoms with Crippen molar-refractivity contribution in [3.05, 3.63) is 65.2 Å². The number of carbonyl (C=O) groups is 2. The van der Waals surface area contributed by atoms with Crippen LogP contribution in [-0.2, 0) is 9.59 Å². The molecule has 0 saturated heterocycles. The van der Waals surface area contributed by atoms with Crippen molar-refractivity contribution in [1.82, 2.24) is 9.78 Å². The number of amides is 2. The van der Waals surface area contributed by atoms with Crippen LogP contribution < -0.4 is 10.6 Å². The third-order valence-electron chi connectivity index (χ3n) is 4.56. The monoisotopic (exact) mass is 380 g/mol. The predicted molar refractivity (Wildman–Crippen MR) is 105 cm³/mol. The molecule has 0 fully saturated rings. The van der Waals surface area contributed by atoms with Gasteiger partial charge in [-0.3, -0.25) is 9.59 Å². The highest BCUT2D eigenvalue weighted by Crippen LogP contribution is 2.34. The number of halogens is 1. The molecule has 2 heterocycles. The summed E-state index contributed by atoms with van der Waals surface area (Å²) in [5, 5.41) is 10.7. The molecule has 0 unspecified atom stereocenters. The van der Waals surface area contributed by atoms with Crippen molar-refractivity contribution in [3.8, 4) is 11.3 Å². The Kier molecular flexibility index (Phi) is 4.41. The Labute approximate surface area is 161 Å². The van der Waals surface area contributed by atoms with Crippen molar-refractivity contribution in [2.24, 2.45) is 0 Å². The molecule has 1 atom stereocenters. The average molecular weight is 381 g/mol. The van der Waals surface area contributed by atoms with Gasteiger partial charge in [0.1, 0.15) is 11.9 Å². The van der Waals surface area contributed by atoms with Gasteiger partial charge in [0.05, 0.1) is 22.8 Å². The van der Waals surface area contributed by atoms with Crippen LogP contribution in [0, 0.1) is 6.92 Å². The molecular formula is C20H17ClN4O2. The van der Waals surface area contributed by atoms with Gasteiger partial charge in [-0.2, -0.15) is 5.10 Å². The Morgan fingerprint density at radius 3 is 2.63 bits per heavy atom. The van der Waals surface area contributed by atoms with Gasteiger partial charge in [-0.05, 0) is 19.1 Å². The number of aromatic nitrogens is 2. The van der Waals surface area contributed by atoms with Gasteiger partial charge in [0, 0.05) is 11.1 Å². The number of anilines is 2. The van der Waals surface area contributed by atoms with Crippen molar-refractivity contribution in [1.29, 1.82) is 0 Å². The highest BCUT2D eigenvalue weighted by atomic mass is 35.5. The fourth-order valence-electron chi connectivity index (χ4n) is 3.19. The summed E-state index contributed by atoms with van der Waals surface area (Å²) in [5.41, 5.74) is 2.99. The molecule has 3 aromatic rings. The normalized spacial score (nSPS) is 15.8. The molecular weight excluding hydrogens is 364 g/mol. The molecule has 2 amide bonds. The quantitative estimate of drug-likeness (QED) is 0.720. The zero-order chi connectivity index (χ0) is 19.0. The first-order valence-electron chi connectivity index (χ1n) is 8.54. The van der Waals surface area contributed by atoms with E-state index in [1.807, 2.05) is 37.3 Å². The number of para-hydroxylation sites is 1. The predicted octanol–water partition coefficient (Wildman–Crippen LogP) is 4.03. The van der Waals surface area contributed by atoms with Crippen molar-refractivity contribution in [2.45, 2.75) is 19.4 Å². The van der Waals surface area contributed by atoms with Gasteiger partial charge in [0.25, 0.3) is 0 Å². The molecule has 1 aliphatic heterocycles. The summed E-state index contributed by atoms with van der Waals surface area (Å²) >= 11 is 6.13.